The van der Waals surface area contributed by atoms with Crippen LogP contribution >= 0.6 is 11.3 Å². The number of methoxy groups -OCH3 is 1. The van der Waals surface area contributed by atoms with Gasteiger partial charge in [-0.2, -0.15) is 5.10 Å². The summed E-state index contributed by atoms with van der Waals surface area (Å²) in [5, 5.41) is 7.00. The smallest absolute Gasteiger partial charge is 0.203 e. The molecule has 0 saturated carbocycles. The van der Waals surface area contributed by atoms with Gasteiger partial charge in [0.25, 0.3) is 0 Å². The maximum Gasteiger partial charge on any atom is 0.203 e. The fourth-order valence-corrected chi connectivity index (χ4v) is 2.78. The van der Waals surface area contributed by atoms with E-state index >= 15 is 0 Å². The van der Waals surface area contributed by atoms with Crippen LogP contribution in [0.15, 0.2) is 47.4 Å². The standard InChI is InChI=1S/C16H17N5OS/c1-12-10-23-16(19-12)20-18-8-13-3-4-15(22-2)14(7-13)9-21-6-5-17-11-21/h3-8,10-11H,9H2,1-2H3,(H,19,20). The highest BCUT2D eigenvalue weighted by molar-refractivity contribution is 7.13. The van der Waals surface area contributed by atoms with Crippen molar-refractivity contribution in [3.63, 3.8) is 0 Å². The number of imidazole rings is 1. The van der Waals surface area contributed by atoms with E-state index in [1.54, 1.807) is 25.8 Å². The zero-order chi connectivity index (χ0) is 16.1. The molecule has 2 aromatic heterocycles. The quantitative estimate of drug-likeness (QED) is 0.558. The molecule has 3 rings (SSSR count). The lowest BCUT2D eigenvalue weighted by molar-refractivity contribution is 0.408. The van der Waals surface area contributed by atoms with E-state index in [4.69, 9.17) is 4.74 Å². The Kier molecular flexibility index (Phi) is 4.68. The monoisotopic (exact) mass is 327 g/mol. The molecule has 118 valence electrons. The minimum Gasteiger partial charge on any atom is -0.496 e. The molecule has 2 heterocycles. The Balaban J connectivity index is 1.74. The van der Waals surface area contributed by atoms with E-state index in [0.717, 1.165) is 27.7 Å². The van der Waals surface area contributed by atoms with Crippen molar-refractivity contribution in [3.8, 4) is 5.75 Å². The zero-order valence-electron chi connectivity index (χ0n) is 12.9. The van der Waals surface area contributed by atoms with Crippen molar-refractivity contribution in [1.29, 1.82) is 0 Å². The third kappa shape index (κ3) is 3.95. The Labute approximate surface area is 138 Å². The van der Waals surface area contributed by atoms with Gasteiger partial charge in [0.2, 0.25) is 5.13 Å². The van der Waals surface area contributed by atoms with Crippen LogP contribution in [-0.4, -0.2) is 27.9 Å². The highest BCUT2D eigenvalue weighted by Gasteiger charge is 2.05. The molecule has 0 amide bonds. The molecular formula is C16H17N5OS. The molecule has 0 unspecified atom stereocenters. The maximum atomic E-state index is 5.42. The van der Waals surface area contributed by atoms with E-state index in [-0.39, 0.29) is 0 Å². The molecule has 0 radical (unpaired) electrons. The topological polar surface area (TPSA) is 64.3 Å². The first-order chi connectivity index (χ1) is 11.2. The minimum atomic E-state index is 0.698. The van der Waals surface area contributed by atoms with Gasteiger partial charge in [-0.05, 0) is 30.7 Å². The number of benzene rings is 1. The lowest BCUT2D eigenvalue weighted by atomic mass is 10.1. The Morgan fingerprint density at radius 3 is 3.04 bits per heavy atom. The fourth-order valence-electron chi connectivity index (χ4n) is 2.15. The lowest BCUT2D eigenvalue weighted by Crippen LogP contribution is -2.01. The highest BCUT2D eigenvalue weighted by atomic mass is 32.1. The molecule has 3 aromatic rings. The van der Waals surface area contributed by atoms with Gasteiger partial charge in [0.05, 0.1) is 31.9 Å². The first-order valence-corrected chi connectivity index (χ1v) is 7.96. The van der Waals surface area contributed by atoms with Crippen LogP contribution in [0, 0.1) is 6.92 Å². The number of hydrazone groups is 1. The Morgan fingerprint density at radius 2 is 2.35 bits per heavy atom. The van der Waals surface area contributed by atoms with E-state index in [2.05, 4.69) is 26.6 Å². The van der Waals surface area contributed by atoms with Crippen molar-refractivity contribution in [1.82, 2.24) is 14.5 Å². The number of nitrogens with zero attached hydrogens (tertiary/aromatic N) is 4. The lowest BCUT2D eigenvalue weighted by Gasteiger charge is -2.10. The summed E-state index contributed by atoms with van der Waals surface area (Å²) in [5.41, 5.74) is 5.98. The summed E-state index contributed by atoms with van der Waals surface area (Å²) in [5.74, 6) is 0.847. The number of rotatable bonds is 6. The van der Waals surface area contributed by atoms with E-state index in [9.17, 15) is 0 Å². The van der Waals surface area contributed by atoms with Gasteiger partial charge in [-0.3, -0.25) is 5.43 Å². The van der Waals surface area contributed by atoms with Crippen molar-refractivity contribution in [2.45, 2.75) is 13.5 Å². The van der Waals surface area contributed by atoms with E-state index in [1.807, 2.05) is 35.2 Å². The van der Waals surface area contributed by atoms with Crippen molar-refractivity contribution in [2.24, 2.45) is 5.10 Å². The predicted octanol–water partition coefficient (Wildman–Crippen LogP) is 3.15. The van der Waals surface area contributed by atoms with Crippen LogP contribution < -0.4 is 10.2 Å². The van der Waals surface area contributed by atoms with Crippen molar-refractivity contribution >= 4 is 22.7 Å². The van der Waals surface area contributed by atoms with Gasteiger partial charge < -0.3 is 9.30 Å². The van der Waals surface area contributed by atoms with Gasteiger partial charge in [-0.25, -0.2) is 9.97 Å². The van der Waals surface area contributed by atoms with Gasteiger partial charge in [-0.1, -0.05) is 0 Å². The Hall–Kier alpha value is -2.67. The number of nitrogens with one attached hydrogen (secondary N) is 1. The summed E-state index contributed by atoms with van der Waals surface area (Å²) in [6.45, 7) is 2.65. The highest BCUT2D eigenvalue weighted by Crippen LogP contribution is 2.20. The average molecular weight is 327 g/mol. The first-order valence-electron chi connectivity index (χ1n) is 7.08. The van der Waals surface area contributed by atoms with Crippen LogP contribution in [0.25, 0.3) is 0 Å². The molecular weight excluding hydrogens is 310 g/mol. The van der Waals surface area contributed by atoms with Crippen molar-refractivity contribution in [2.75, 3.05) is 12.5 Å². The minimum absolute atomic E-state index is 0.698. The van der Waals surface area contributed by atoms with Crippen LogP contribution in [0.3, 0.4) is 0 Å². The second kappa shape index (κ2) is 7.06. The molecule has 0 atom stereocenters. The summed E-state index contributed by atoms with van der Waals surface area (Å²) in [7, 11) is 1.67. The number of anilines is 1. The summed E-state index contributed by atoms with van der Waals surface area (Å²) in [4.78, 5) is 8.36. The van der Waals surface area contributed by atoms with Crippen LogP contribution in [0.1, 0.15) is 16.8 Å². The van der Waals surface area contributed by atoms with E-state index in [1.165, 1.54) is 11.3 Å². The van der Waals surface area contributed by atoms with Crippen LogP contribution in [-0.2, 0) is 6.54 Å². The molecule has 23 heavy (non-hydrogen) atoms. The molecule has 0 bridgehead atoms. The molecule has 0 aliphatic carbocycles. The first kappa shape index (κ1) is 15.2. The zero-order valence-corrected chi connectivity index (χ0v) is 13.7. The van der Waals surface area contributed by atoms with Gasteiger partial charge in [0.15, 0.2) is 0 Å². The fraction of sp³-hybridized carbons (Fsp3) is 0.188. The molecule has 0 fully saturated rings. The van der Waals surface area contributed by atoms with Gasteiger partial charge in [0, 0.05) is 23.3 Å². The molecule has 0 spiro atoms. The van der Waals surface area contributed by atoms with Gasteiger partial charge in [-0.15, -0.1) is 11.3 Å². The normalized spacial score (nSPS) is 11.0. The number of aromatic nitrogens is 3. The molecule has 6 nitrogen and oxygen atoms in total. The Morgan fingerprint density at radius 1 is 1.43 bits per heavy atom. The van der Waals surface area contributed by atoms with Crippen LogP contribution in [0.4, 0.5) is 5.13 Å². The summed E-state index contributed by atoms with van der Waals surface area (Å²) >= 11 is 1.53. The maximum absolute atomic E-state index is 5.42. The molecule has 0 saturated heterocycles. The molecule has 1 aromatic carbocycles. The van der Waals surface area contributed by atoms with E-state index < -0.39 is 0 Å². The van der Waals surface area contributed by atoms with E-state index in [0.29, 0.717) is 6.54 Å². The molecule has 0 aliphatic heterocycles. The molecule has 7 heteroatoms. The largest absolute Gasteiger partial charge is 0.496 e. The van der Waals surface area contributed by atoms with Gasteiger partial charge >= 0.3 is 0 Å². The summed E-state index contributed by atoms with van der Waals surface area (Å²) in [6, 6.07) is 5.97. The van der Waals surface area contributed by atoms with Crippen LogP contribution in [0.5, 0.6) is 5.75 Å². The number of hydrogen-bond acceptors (Lipinski definition) is 6. The second-order valence-electron chi connectivity index (χ2n) is 4.97. The van der Waals surface area contributed by atoms with Crippen LogP contribution in [0.2, 0.25) is 0 Å². The third-order valence-corrected chi connectivity index (χ3v) is 4.07. The molecule has 1 N–H and O–H groups in total. The number of hydrogen-bond donors (Lipinski definition) is 1. The second-order valence-corrected chi connectivity index (χ2v) is 5.83. The molecule has 0 aliphatic rings. The average Bonchev–Trinajstić information content (AvgIpc) is 3.20. The van der Waals surface area contributed by atoms with Crippen molar-refractivity contribution in [3.05, 3.63) is 59.1 Å². The SMILES string of the molecule is COc1ccc(C=NNc2nc(C)cs2)cc1Cn1ccnc1. The summed E-state index contributed by atoms with van der Waals surface area (Å²) < 4.78 is 7.42. The number of ether oxygens (including phenoxy) is 1. The van der Waals surface area contributed by atoms with Gasteiger partial charge in [0.1, 0.15) is 5.75 Å². The van der Waals surface area contributed by atoms with Crippen molar-refractivity contribution < 1.29 is 4.74 Å². The summed E-state index contributed by atoms with van der Waals surface area (Å²) in [6.07, 6.45) is 7.24. The predicted molar refractivity (Wildman–Crippen MR) is 92.4 cm³/mol. The third-order valence-electron chi connectivity index (χ3n) is 3.21. The number of thiazole rings is 1. The number of aryl methyl sites for hydroxylation is 1. The Bertz CT molecular complexity index is 795.